The van der Waals surface area contributed by atoms with Gasteiger partial charge in [0.15, 0.2) is 0 Å². The standard InChI is InChI=1S/C10H17NO3/c1-4-7(2)11(3)9-6-14-5-8(9)10(12)13/h4,7-9H,1,5-6H2,2-3H3,(H,12,13). The molecule has 1 fully saturated rings. The van der Waals surface area contributed by atoms with E-state index < -0.39 is 11.9 Å². The largest absolute Gasteiger partial charge is 0.481 e. The van der Waals surface area contributed by atoms with Gasteiger partial charge in [-0.15, -0.1) is 6.58 Å². The minimum Gasteiger partial charge on any atom is -0.481 e. The van der Waals surface area contributed by atoms with E-state index in [9.17, 15) is 4.79 Å². The van der Waals surface area contributed by atoms with Crippen LogP contribution < -0.4 is 0 Å². The van der Waals surface area contributed by atoms with Crippen LogP contribution in [0.25, 0.3) is 0 Å². The predicted octanol–water partition coefficient (Wildman–Crippen LogP) is 0.592. The third-order valence-corrected chi connectivity index (χ3v) is 2.87. The first-order valence-electron chi connectivity index (χ1n) is 4.73. The molecule has 0 aromatic rings. The number of rotatable bonds is 4. The topological polar surface area (TPSA) is 49.8 Å². The van der Waals surface area contributed by atoms with Crippen molar-refractivity contribution in [3.05, 3.63) is 12.7 Å². The maximum absolute atomic E-state index is 10.9. The zero-order valence-corrected chi connectivity index (χ0v) is 8.64. The second-order valence-electron chi connectivity index (χ2n) is 3.69. The SMILES string of the molecule is C=CC(C)N(C)C1COCC1C(=O)O. The van der Waals surface area contributed by atoms with Crippen molar-refractivity contribution < 1.29 is 14.6 Å². The van der Waals surface area contributed by atoms with E-state index in [-0.39, 0.29) is 12.1 Å². The van der Waals surface area contributed by atoms with Crippen molar-refractivity contribution in [2.75, 3.05) is 20.3 Å². The van der Waals surface area contributed by atoms with Crippen molar-refractivity contribution in [1.29, 1.82) is 0 Å². The summed E-state index contributed by atoms with van der Waals surface area (Å²) in [6, 6.07) is 0.129. The number of nitrogens with zero attached hydrogens (tertiary/aromatic N) is 1. The Bertz CT molecular complexity index is 229. The molecule has 1 N–H and O–H groups in total. The zero-order valence-electron chi connectivity index (χ0n) is 8.64. The van der Waals surface area contributed by atoms with Gasteiger partial charge in [0.05, 0.1) is 19.1 Å². The Morgan fingerprint density at radius 2 is 2.36 bits per heavy atom. The molecule has 4 nitrogen and oxygen atoms in total. The first kappa shape index (κ1) is 11.2. The summed E-state index contributed by atoms with van der Waals surface area (Å²) in [6.45, 7) is 6.49. The van der Waals surface area contributed by atoms with Crippen molar-refractivity contribution in [3.8, 4) is 0 Å². The van der Waals surface area contributed by atoms with Crippen molar-refractivity contribution in [2.24, 2.45) is 5.92 Å². The van der Waals surface area contributed by atoms with Crippen molar-refractivity contribution in [2.45, 2.75) is 19.0 Å². The van der Waals surface area contributed by atoms with E-state index in [0.717, 1.165) is 0 Å². The molecule has 0 aromatic carbocycles. The predicted molar refractivity (Wildman–Crippen MR) is 53.2 cm³/mol. The minimum absolute atomic E-state index is 0.0412. The fourth-order valence-electron chi connectivity index (χ4n) is 1.65. The molecule has 1 heterocycles. The molecule has 3 unspecified atom stereocenters. The molecule has 1 aliphatic rings. The molecule has 0 radical (unpaired) electrons. The van der Waals surface area contributed by atoms with Crippen molar-refractivity contribution in [1.82, 2.24) is 4.90 Å². The van der Waals surface area contributed by atoms with E-state index in [2.05, 4.69) is 6.58 Å². The van der Waals surface area contributed by atoms with Crippen LogP contribution in [0.1, 0.15) is 6.92 Å². The van der Waals surface area contributed by atoms with E-state index >= 15 is 0 Å². The van der Waals surface area contributed by atoms with Gasteiger partial charge in [-0.2, -0.15) is 0 Å². The summed E-state index contributed by atoms with van der Waals surface area (Å²) in [6.07, 6.45) is 1.80. The number of carboxylic acids is 1. The molecule has 0 spiro atoms. The van der Waals surface area contributed by atoms with E-state index in [4.69, 9.17) is 9.84 Å². The Hall–Kier alpha value is -0.870. The highest BCUT2D eigenvalue weighted by molar-refractivity contribution is 5.71. The molecule has 80 valence electrons. The van der Waals surface area contributed by atoms with Crippen molar-refractivity contribution >= 4 is 5.97 Å². The molecule has 0 amide bonds. The highest BCUT2D eigenvalue weighted by Crippen LogP contribution is 2.20. The molecular weight excluding hydrogens is 182 g/mol. The van der Waals surface area contributed by atoms with Gasteiger partial charge in [-0.25, -0.2) is 0 Å². The summed E-state index contributed by atoms with van der Waals surface area (Å²) in [5, 5.41) is 8.95. The minimum atomic E-state index is -0.782. The molecule has 1 aliphatic heterocycles. The second kappa shape index (κ2) is 4.57. The van der Waals surface area contributed by atoms with Crippen LogP contribution in [0.3, 0.4) is 0 Å². The van der Waals surface area contributed by atoms with Crippen LogP contribution in [0.4, 0.5) is 0 Å². The van der Waals surface area contributed by atoms with Crippen LogP contribution in [0, 0.1) is 5.92 Å². The van der Waals surface area contributed by atoms with E-state index in [1.807, 2.05) is 18.9 Å². The summed E-state index contributed by atoms with van der Waals surface area (Å²) >= 11 is 0. The molecule has 14 heavy (non-hydrogen) atoms. The van der Waals surface area contributed by atoms with E-state index in [0.29, 0.717) is 13.2 Å². The lowest BCUT2D eigenvalue weighted by atomic mass is 10.0. The molecule has 0 saturated carbocycles. The number of aliphatic carboxylic acids is 1. The molecule has 1 saturated heterocycles. The Labute approximate surface area is 84.2 Å². The zero-order chi connectivity index (χ0) is 10.7. The number of ether oxygens (including phenoxy) is 1. The third kappa shape index (κ3) is 2.13. The van der Waals surface area contributed by atoms with Gasteiger partial charge in [0.2, 0.25) is 0 Å². The maximum atomic E-state index is 10.9. The lowest BCUT2D eigenvalue weighted by Gasteiger charge is -2.29. The highest BCUT2D eigenvalue weighted by Gasteiger charge is 2.37. The first-order valence-corrected chi connectivity index (χ1v) is 4.73. The lowest BCUT2D eigenvalue weighted by Crippen LogP contribution is -2.44. The monoisotopic (exact) mass is 199 g/mol. The average molecular weight is 199 g/mol. The molecule has 3 atom stereocenters. The molecule has 4 heteroatoms. The van der Waals surface area contributed by atoms with Gasteiger partial charge in [0.1, 0.15) is 0 Å². The Kier molecular flexibility index (Phi) is 3.66. The van der Waals surface area contributed by atoms with Crippen LogP contribution in [0.2, 0.25) is 0 Å². The molecule has 1 rings (SSSR count). The van der Waals surface area contributed by atoms with Gasteiger partial charge >= 0.3 is 5.97 Å². The van der Waals surface area contributed by atoms with Gasteiger partial charge in [-0.05, 0) is 14.0 Å². The summed E-state index contributed by atoms with van der Waals surface area (Å²) in [7, 11) is 1.90. The van der Waals surface area contributed by atoms with Crippen LogP contribution in [-0.4, -0.2) is 48.3 Å². The smallest absolute Gasteiger partial charge is 0.310 e. The fourth-order valence-corrected chi connectivity index (χ4v) is 1.65. The Balaban J connectivity index is 2.66. The summed E-state index contributed by atoms with van der Waals surface area (Å²) < 4.78 is 5.19. The number of likely N-dealkylation sites (N-methyl/N-ethyl adjacent to an activating group) is 1. The number of carbonyl (C=O) groups is 1. The number of hydrogen-bond acceptors (Lipinski definition) is 3. The third-order valence-electron chi connectivity index (χ3n) is 2.87. The van der Waals surface area contributed by atoms with Gasteiger partial charge in [0, 0.05) is 12.1 Å². The van der Waals surface area contributed by atoms with E-state index in [1.165, 1.54) is 0 Å². The van der Waals surface area contributed by atoms with Crippen molar-refractivity contribution in [3.63, 3.8) is 0 Å². The maximum Gasteiger partial charge on any atom is 0.310 e. The number of carboxylic acid groups (broad SMARTS) is 1. The van der Waals surface area contributed by atoms with Gasteiger partial charge in [-0.1, -0.05) is 6.08 Å². The normalized spacial score (nSPS) is 29.1. The summed E-state index contributed by atoms with van der Waals surface area (Å²) in [5.41, 5.74) is 0. The van der Waals surface area contributed by atoms with E-state index in [1.54, 1.807) is 6.08 Å². The molecule has 0 bridgehead atoms. The van der Waals surface area contributed by atoms with Crippen LogP contribution in [0.5, 0.6) is 0 Å². The van der Waals surface area contributed by atoms with Gasteiger partial charge in [0.25, 0.3) is 0 Å². The average Bonchev–Trinajstić information content (AvgIpc) is 2.63. The first-order chi connectivity index (χ1) is 6.57. The Morgan fingerprint density at radius 3 is 2.86 bits per heavy atom. The van der Waals surface area contributed by atoms with Crippen LogP contribution in [0.15, 0.2) is 12.7 Å². The summed E-state index contributed by atoms with van der Waals surface area (Å²) in [5.74, 6) is -1.20. The van der Waals surface area contributed by atoms with Crippen LogP contribution >= 0.6 is 0 Å². The van der Waals surface area contributed by atoms with Gasteiger partial charge in [-0.3, -0.25) is 9.69 Å². The second-order valence-corrected chi connectivity index (χ2v) is 3.69. The molecule has 0 aromatic heterocycles. The molecular formula is C10H17NO3. The Morgan fingerprint density at radius 1 is 1.71 bits per heavy atom. The van der Waals surface area contributed by atoms with Crippen LogP contribution in [-0.2, 0) is 9.53 Å². The fraction of sp³-hybridized carbons (Fsp3) is 0.700. The highest BCUT2D eigenvalue weighted by atomic mass is 16.5. The molecule has 0 aliphatic carbocycles. The quantitative estimate of drug-likeness (QED) is 0.673. The summed E-state index contributed by atoms with van der Waals surface area (Å²) in [4.78, 5) is 12.9. The van der Waals surface area contributed by atoms with Gasteiger partial charge < -0.3 is 9.84 Å². The number of hydrogen-bond donors (Lipinski definition) is 1. The lowest BCUT2D eigenvalue weighted by molar-refractivity contribution is -0.143.